The Bertz CT molecular complexity index is 1060. The van der Waals surface area contributed by atoms with Crippen LogP contribution in [0.3, 0.4) is 0 Å². The van der Waals surface area contributed by atoms with Gasteiger partial charge >= 0.3 is 0 Å². The Morgan fingerprint density at radius 3 is 2.74 bits per heavy atom. The number of nitrogens with zero attached hydrogens (tertiary/aromatic N) is 2. The van der Waals surface area contributed by atoms with E-state index < -0.39 is 0 Å². The highest BCUT2D eigenvalue weighted by atomic mass is 16.3. The van der Waals surface area contributed by atoms with Crippen molar-refractivity contribution in [2.24, 2.45) is 0 Å². The van der Waals surface area contributed by atoms with Gasteiger partial charge in [0.2, 0.25) is 0 Å². The van der Waals surface area contributed by atoms with E-state index >= 15 is 0 Å². The average Bonchev–Trinajstić information content (AvgIpc) is 3.22. The first-order chi connectivity index (χ1) is 13.4. The SMILES string of the molecule is c1ccc2c(CNC3CCN(c4nccc5occc45)CC3)cccc2c1. The van der Waals surface area contributed by atoms with Gasteiger partial charge in [0.15, 0.2) is 0 Å². The smallest absolute Gasteiger partial charge is 0.139 e. The van der Waals surface area contributed by atoms with Gasteiger partial charge in [-0.25, -0.2) is 4.98 Å². The molecule has 1 N–H and O–H groups in total. The first-order valence-electron chi connectivity index (χ1n) is 9.66. The van der Waals surface area contributed by atoms with Gasteiger partial charge in [-0.2, -0.15) is 0 Å². The summed E-state index contributed by atoms with van der Waals surface area (Å²) in [5.41, 5.74) is 2.29. The van der Waals surface area contributed by atoms with Crippen LogP contribution in [0.25, 0.3) is 21.7 Å². The van der Waals surface area contributed by atoms with E-state index in [9.17, 15) is 0 Å². The third kappa shape index (κ3) is 3.17. The summed E-state index contributed by atoms with van der Waals surface area (Å²) in [5.74, 6) is 1.05. The lowest BCUT2D eigenvalue weighted by Crippen LogP contribution is -2.42. The van der Waals surface area contributed by atoms with Crippen molar-refractivity contribution in [3.8, 4) is 0 Å². The van der Waals surface area contributed by atoms with Crippen molar-refractivity contribution in [2.45, 2.75) is 25.4 Å². The molecule has 4 nitrogen and oxygen atoms in total. The lowest BCUT2D eigenvalue weighted by Gasteiger charge is -2.33. The molecule has 4 heteroatoms. The second-order valence-corrected chi connectivity index (χ2v) is 7.25. The highest BCUT2D eigenvalue weighted by molar-refractivity contribution is 5.88. The molecule has 0 atom stereocenters. The van der Waals surface area contributed by atoms with Gasteiger partial charge in [0.1, 0.15) is 11.4 Å². The van der Waals surface area contributed by atoms with Gasteiger partial charge in [0.25, 0.3) is 0 Å². The summed E-state index contributed by atoms with van der Waals surface area (Å²) in [7, 11) is 0. The molecule has 0 bridgehead atoms. The molecule has 4 aromatic rings. The molecule has 1 aliphatic heterocycles. The maximum Gasteiger partial charge on any atom is 0.139 e. The van der Waals surface area contributed by atoms with Gasteiger partial charge in [-0.3, -0.25) is 0 Å². The van der Waals surface area contributed by atoms with E-state index in [1.807, 2.05) is 18.3 Å². The zero-order valence-electron chi connectivity index (χ0n) is 15.3. The van der Waals surface area contributed by atoms with E-state index in [1.54, 1.807) is 6.26 Å². The molecule has 0 amide bonds. The van der Waals surface area contributed by atoms with Crippen LogP contribution in [-0.2, 0) is 6.54 Å². The van der Waals surface area contributed by atoms with Crippen LogP contribution in [0.15, 0.2) is 71.5 Å². The lowest BCUT2D eigenvalue weighted by molar-refractivity contribution is 0.413. The van der Waals surface area contributed by atoms with Gasteiger partial charge in [0.05, 0.1) is 11.6 Å². The number of anilines is 1. The molecule has 136 valence electrons. The fourth-order valence-electron chi connectivity index (χ4n) is 4.13. The molecular weight excluding hydrogens is 334 g/mol. The van der Waals surface area contributed by atoms with Crippen LogP contribution >= 0.6 is 0 Å². The summed E-state index contributed by atoms with van der Waals surface area (Å²) in [4.78, 5) is 6.98. The number of benzene rings is 2. The Labute approximate surface area is 158 Å². The van der Waals surface area contributed by atoms with Gasteiger partial charge in [0, 0.05) is 31.9 Å². The van der Waals surface area contributed by atoms with Crippen LogP contribution in [0.4, 0.5) is 5.82 Å². The second kappa shape index (κ2) is 7.05. The summed E-state index contributed by atoms with van der Waals surface area (Å²) >= 11 is 0. The number of piperidine rings is 1. The van der Waals surface area contributed by atoms with E-state index in [-0.39, 0.29) is 0 Å². The molecule has 2 aromatic carbocycles. The van der Waals surface area contributed by atoms with E-state index in [4.69, 9.17) is 4.42 Å². The van der Waals surface area contributed by atoms with Crippen LogP contribution < -0.4 is 10.2 Å². The highest BCUT2D eigenvalue weighted by Crippen LogP contribution is 2.27. The molecule has 0 radical (unpaired) electrons. The zero-order valence-corrected chi connectivity index (χ0v) is 15.3. The molecule has 0 aliphatic carbocycles. The molecule has 0 saturated carbocycles. The Kier molecular flexibility index (Phi) is 4.26. The summed E-state index contributed by atoms with van der Waals surface area (Å²) in [6.07, 6.45) is 5.84. The molecule has 0 spiro atoms. The van der Waals surface area contributed by atoms with Crippen molar-refractivity contribution < 1.29 is 4.42 Å². The minimum absolute atomic E-state index is 0.545. The average molecular weight is 357 g/mol. The maximum absolute atomic E-state index is 5.51. The van der Waals surface area contributed by atoms with E-state index in [0.717, 1.165) is 49.3 Å². The number of furan rings is 1. The number of fused-ring (bicyclic) bond motifs is 2. The molecule has 1 fully saturated rings. The van der Waals surface area contributed by atoms with Crippen molar-refractivity contribution in [1.82, 2.24) is 10.3 Å². The van der Waals surface area contributed by atoms with E-state index in [0.29, 0.717) is 6.04 Å². The monoisotopic (exact) mass is 357 g/mol. The largest absolute Gasteiger partial charge is 0.464 e. The van der Waals surface area contributed by atoms with Gasteiger partial charge in [-0.05, 0) is 41.3 Å². The lowest BCUT2D eigenvalue weighted by atomic mass is 10.0. The Morgan fingerprint density at radius 1 is 0.963 bits per heavy atom. The molecule has 1 saturated heterocycles. The van der Waals surface area contributed by atoms with Crippen molar-refractivity contribution >= 4 is 27.6 Å². The predicted molar refractivity (Wildman–Crippen MR) is 110 cm³/mol. The number of rotatable bonds is 4. The summed E-state index contributed by atoms with van der Waals surface area (Å²) < 4.78 is 5.51. The minimum Gasteiger partial charge on any atom is -0.464 e. The Hall–Kier alpha value is -2.85. The quantitative estimate of drug-likeness (QED) is 0.573. The molecular formula is C23H23N3O. The van der Waals surface area contributed by atoms with Gasteiger partial charge in [-0.1, -0.05) is 42.5 Å². The van der Waals surface area contributed by atoms with Crippen molar-refractivity contribution in [2.75, 3.05) is 18.0 Å². The number of hydrogen-bond acceptors (Lipinski definition) is 4. The van der Waals surface area contributed by atoms with E-state index in [1.165, 1.54) is 16.3 Å². The topological polar surface area (TPSA) is 41.3 Å². The van der Waals surface area contributed by atoms with Gasteiger partial charge < -0.3 is 14.6 Å². The molecule has 2 aromatic heterocycles. The molecule has 1 aliphatic rings. The fraction of sp³-hybridized carbons (Fsp3) is 0.261. The Morgan fingerprint density at radius 2 is 1.81 bits per heavy atom. The van der Waals surface area contributed by atoms with Crippen LogP contribution in [-0.4, -0.2) is 24.1 Å². The molecule has 0 unspecified atom stereocenters. The van der Waals surface area contributed by atoms with Crippen LogP contribution in [0.5, 0.6) is 0 Å². The Balaban J connectivity index is 1.24. The third-order valence-corrected chi connectivity index (χ3v) is 5.61. The summed E-state index contributed by atoms with van der Waals surface area (Å²) in [6, 6.07) is 19.7. The molecule has 5 rings (SSSR count). The fourth-order valence-corrected chi connectivity index (χ4v) is 4.13. The normalized spacial score (nSPS) is 15.6. The number of nitrogens with one attached hydrogen (secondary N) is 1. The first kappa shape index (κ1) is 16.3. The molecule has 27 heavy (non-hydrogen) atoms. The van der Waals surface area contributed by atoms with Crippen molar-refractivity contribution in [3.63, 3.8) is 0 Å². The van der Waals surface area contributed by atoms with Crippen molar-refractivity contribution in [1.29, 1.82) is 0 Å². The minimum atomic E-state index is 0.545. The highest BCUT2D eigenvalue weighted by Gasteiger charge is 2.21. The molecule has 3 heterocycles. The van der Waals surface area contributed by atoms with Gasteiger partial charge in [-0.15, -0.1) is 0 Å². The van der Waals surface area contributed by atoms with Crippen LogP contribution in [0.1, 0.15) is 18.4 Å². The number of hydrogen-bond donors (Lipinski definition) is 1. The van der Waals surface area contributed by atoms with Crippen molar-refractivity contribution in [3.05, 3.63) is 72.6 Å². The van der Waals surface area contributed by atoms with Crippen LogP contribution in [0.2, 0.25) is 0 Å². The number of aromatic nitrogens is 1. The van der Waals surface area contributed by atoms with Crippen LogP contribution in [0, 0.1) is 0 Å². The standard InChI is InChI=1S/C23H23N3O/c1-2-7-20-17(4-1)5-3-6-18(20)16-25-19-9-13-26(14-10-19)23-21-11-15-27-22(21)8-12-24-23/h1-8,11-12,15,19,25H,9-10,13-14,16H2. The maximum atomic E-state index is 5.51. The predicted octanol–water partition coefficient (Wildman–Crippen LogP) is 4.74. The number of pyridine rings is 1. The summed E-state index contributed by atoms with van der Waals surface area (Å²) in [6.45, 7) is 2.95. The van der Waals surface area contributed by atoms with E-state index in [2.05, 4.69) is 57.7 Å². The first-order valence-corrected chi connectivity index (χ1v) is 9.66. The second-order valence-electron chi connectivity index (χ2n) is 7.25. The summed E-state index contributed by atoms with van der Waals surface area (Å²) in [5, 5.41) is 7.54. The third-order valence-electron chi connectivity index (χ3n) is 5.61. The zero-order chi connectivity index (χ0) is 18.1.